The van der Waals surface area contributed by atoms with Crippen molar-refractivity contribution in [3.8, 4) is 0 Å². The molecule has 1 aliphatic heterocycles. The van der Waals surface area contributed by atoms with Crippen LogP contribution in [-0.2, 0) is 16.4 Å². The van der Waals surface area contributed by atoms with Crippen LogP contribution >= 0.6 is 0 Å². The normalized spacial score (nSPS) is 21.5. The van der Waals surface area contributed by atoms with Crippen molar-refractivity contribution in [2.24, 2.45) is 5.73 Å². The molecule has 0 aromatic heterocycles. The van der Waals surface area contributed by atoms with Gasteiger partial charge in [0.15, 0.2) is 9.84 Å². The van der Waals surface area contributed by atoms with Gasteiger partial charge in [0.2, 0.25) is 0 Å². The van der Waals surface area contributed by atoms with E-state index in [2.05, 4.69) is 5.32 Å². The summed E-state index contributed by atoms with van der Waals surface area (Å²) < 4.78 is 23.0. The fourth-order valence-corrected chi connectivity index (χ4v) is 3.83. The van der Waals surface area contributed by atoms with Crippen molar-refractivity contribution in [2.45, 2.75) is 19.5 Å². The second-order valence-electron chi connectivity index (χ2n) is 4.99. The standard InChI is InChI=1S/C13H19N3O3S/c1-10-9-20(18,19)6-5-16(10)13(17)15-12-4-2-3-11(7-12)8-14/h2-4,7,10H,5-6,8-9,14H2,1H3,(H,15,17). The highest BCUT2D eigenvalue weighted by Crippen LogP contribution is 2.15. The predicted octanol–water partition coefficient (Wildman–Crippen LogP) is 0.796. The lowest BCUT2D eigenvalue weighted by Gasteiger charge is -2.33. The van der Waals surface area contributed by atoms with Gasteiger partial charge in [0, 0.05) is 24.8 Å². The molecule has 1 aromatic rings. The van der Waals surface area contributed by atoms with E-state index in [1.807, 2.05) is 18.2 Å². The first kappa shape index (κ1) is 14.8. The second kappa shape index (κ2) is 5.80. The van der Waals surface area contributed by atoms with Crippen LogP contribution in [0.5, 0.6) is 0 Å². The van der Waals surface area contributed by atoms with Gasteiger partial charge in [-0.3, -0.25) is 0 Å². The third-order valence-corrected chi connectivity index (χ3v) is 5.14. The number of amides is 2. The highest BCUT2D eigenvalue weighted by molar-refractivity contribution is 7.91. The van der Waals surface area contributed by atoms with E-state index in [9.17, 15) is 13.2 Å². The third-order valence-electron chi connectivity index (χ3n) is 3.35. The van der Waals surface area contributed by atoms with Crippen molar-refractivity contribution in [2.75, 3.05) is 23.4 Å². The Labute approximate surface area is 118 Å². The van der Waals surface area contributed by atoms with E-state index < -0.39 is 9.84 Å². The van der Waals surface area contributed by atoms with Gasteiger partial charge in [-0.05, 0) is 24.6 Å². The molecule has 0 bridgehead atoms. The number of nitrogens with two attached hydrogens (primary N) is 1. The lowest BCUT2D eigenvalue weighted by molar-refractivity contribution is 0.199. The van der Waals surface area contributed by atoms with Crippen molar-refractivity contribution < 1.29 is 13.2 Å². The molecule has 0 spiro atoms. The Bertz CT molecular complexity index is 601. The molecule has 6 nitrogen and oxygen atoms in total. The summed E-state index contributed by atoms with van der Waals surface area (Å²) >= 11 is 0. The molecule has 0 radical (unpaired) electrons. The average molecular weight is 297 g/mol. The molecule has 2 rings (SSSR count). The Morgan fingerprint density at radius 2 is 2.25 bits per heavy atom. The number of sulfone groups is 1. The Hall–Kier alpha value is -1.60. The van der Waals surface area contributed by atoms with Crippen LogP contribution in [0, 0.1) is 0 Å². The highest BCUT2D eigenvalue weighted by atomic mass is 32.2. The predicted molar refractivity (Wildman–Crippen MR) is 78.2 cm³/mol. The molecule has 1 fully saturated rings. The van der Waals surface area contributed by atoms with Crippen LogP contribution < -0.4 is 11.1 Å². The Kier molecular flexibility index (Phi) is 4.29. The minimum atomic E-state index is -3.02. The maximum absolute atomic E-state index is 12.2. The van der Waals surface area contributed by atoms with Crippen LogP contribution in [0.25, 0.3) is 0 Å². The number of benzene rings is 1. The first-order chi connectivity index (χ1) is 9.41. The highest BCUT2D eigenvalue weighted by Gasteiger charge is 2.31. The van der Waals surface area contributed by atoms with Crippen LogP contribution in [0.1, 0.15) is 12.5 Å². The Morgan fingerprint density at radius 3 is 2.90 bits per heavy atom. The van der Waals surface area contributed by atoms with Crippen molar-refractivity contribution in [1.82, 2.24) is 4.90 Å². The molecule has 0 saturated carbocycles. The van der Waals surface area contributed by atoms with Gasteiger partial charge in [0.05, 0.1) is 11.5 Å². The van der Waals surface area contributed by atoms with Crippen LogP contribution in [0.4, 0.5) is 10.5 Å². The summed E-state index contributed by atoms with van der Waals surface area (Å²) in [4.78, 5) is 13.7. The largest absolute Gasteiger partial charge is 0.326 e. The molecule has 2 amide bonds. The summed E-state index contributed by atoms with van der Waals surface area (Å²) in [6.07, 6.45) is 0. The molecular weight excluding hydrogens is 278 g/mol. The Balaban J connectivity index is 2.05. The smallest absolute Gasteiger partial charge is 0.322 e. The van der Waals surface area contributed by atoms with Gasteiger partial charge in [-0.1, -0.05) is 12.1 Å². The number of anilines is 1. The van der Waals surface area contributed by atoms with E-state index in [0.29, 0.717) is 12.2 Å². The number of rotatable bonds is 2. The minimum Gasteiger partial charge on any atom is -0.326 e. The number of nitrogens with one attached hydrogen (secondary N) is 1. The maximum Gasteiger partial charge on any atom is 0.322 e. The zero-order valence-corrected chi connectivity index (χ0v) is 12.2. The first-order valence-corrected chi connectivity index (χ1v) is 8.30. The van der Waals surface area contributed by atoms with Crippen LogP contribution in [0.2, 0.25) is 0 Å². The molecule has 110 valence electrons. The molecule has 20 heavy (non-hydrogen) atoms. The molecule has 1 heterocycles. The van der Waals surface area contributed by atoms with Crippen LogP contribution in [0.3, 0.4) is 0 Å². The summed E-state index contributed by atoms with van der Waals surface area (Å²) in [6, 6.07) is 6.70. The van der Waals surface area contributed by atoms with E-state index in [1.165, 1.54) is 0 Å². The Morgan fingerprint density at radius 1 is 1.50 bits per heavy atom. The summed E-state index contributed by atoms with van der Waals surface area (Å²) in [6.45, 7) is 2.38. The fourth-order valence-electron chi connectivity index (χ4n) is 2.27. The second-order valence-corrected chi connectivity index (χ2v) is 7.22. The molecule has 3 N–H and O–H groups in total. The van der Waals surface area contributed by atoms with Gasteiger partial charge in [-0.2, -0.15) is 0 Å². The van der Waals surface area contributed by atoms with E-state index >= 15 is 0 Å². The van der Waals surface area contributed by atoms with Crippen molar-refractivity contribution >= 4 is 21.6 Å². The van der Waals surface area contributed by atoms with Gasteiger partial charge in [0.25, 0.3) is 0 Å². The monoisotopic (exact) mass is 297 g/mol. The van der Waals surface area contributed by atoms with Gasteiger partial charge in [-0.15, -0.1) is 0 Å². The molecule has 0 aliphatic carbocycles. The molecule has 1 aliphatic rings. The molecular formula is C13H19N3O3S. The SMILES string of the molecule is CC1CS(=O)(=O)CCN1C(=O)Nc1cccc(CN)c1. The summed E-state index contributed by atoms with van der Waals surface area (Å²) in [5.74, 6) is 0.0386. The van der Waals surface area contributed by atoms with Crippen LogP contribution in [-0.4, -0.2) is 43.4 Å². The number of hydrogen-bond acceptors (Lipinski definition) is 4. The lowest BCUT2D eigenvalue weighted by Crippen LogP contribution is -2.51. The quantitative estimate of drug-likeness (QED) is 0.844. The van der Waals surface area contributed by atoms with E-state index in [1.54, 1.807) is 17.9 Å². The molecule has 1 atom stereocenters. The van der Waals surface area contributed by atoms with E-state index in [-0.39, 0.29) is 30.1 Å². The van der Waals surface area contributed by atoms with Crippen molar-refractivity contribution in [3.63, 3.8) is 0 Å². The van der Waals surface area contributed by atoms with E-state index in [0.717, 1.165) is 5.56 Å². The molecule has 1 unspecified atom stereocenters. The van der Waals surface area contributed by atoms with Gasteiger partial charge >= 0.3 is 6.03 Å². The first-order valence-electron chi connectivity index (χ1n) is 6.48. The van der Waals surface area contributed by atoms with Crippen LogP contribution in [0.15, 0.2) is 24.3 Å². The maximum atomic E-state index is 12.2. The zero-order chi connectivity index (χ0) is 14.8. The fraction of sp³-hybridized carbons (Fsp3) is 0.462. The summed E-state index contributed by atoms with van der Waals surface area (Å²) in [5.41, 5.74) is 7.15. The topological polar surface area (TPSA) is 92.5 Å². The van der Waals surface area contributed by atoms with Gasteiger partial charge in [0.1, 0.15) is 0 Å². The average Bonchev–Trinajstić information content (AvgIpc) is 2.37. The zero-order valence-electron chi connectivity index (χ0n) is 11.4. The van der Waals surface area contributed by atoms with Gasteiger partial charge in [-0.25, -0.2) is 13.2 Å². The van der Waals surface area contributed by atoms with Crippen molar-refractivity contribution in [3.05, 3.63) is 29.8 Å². The number of carbonyl (C=O) groups is 1. The minimum absolute atomic E-state index is 0.0171. The number of urea groups is 1. The number of hydrogen-bond donors (Lipinski definition) is 2. The summed E-state index contributed by atoms with van der Waals surface area (Å²) in [5, 5.41) is 2.78. The van der Waals surface area contributed by atoms with E-state index in [4.69, 9.17) is 5.73 Å². The number of nitrogens with zero attached hydrogens (tertiary/aromatic N) is 1. The molecule has 1 saturated heterocycles. The van der Waals surface area contributed by atoms with Crippen molar-refractivity contribution in [1.29, 1.82) is 0 Å². The summed E-state index contributed by atoms with van der Waals surface area (Å²) in [7, 11) is -3.02. The number of carbonyl (C=O) groups excluding carboxylic acids is 1. The lowest BCUT2D eigenvalue weighted by atomic mass is 10.2. The van der Waals surface area contributed by atoms with Gasteiger partial charge < -0.3 is 16.0 Å². The molecule has 7 heteroatoms. The molecule has 1 aromatic carbocycles. The third kappa shape index (κ3) is 3.49.